The van der Waals surface area contributed by atoms with E-state index in [9.17, 15) is 22.8 Å². The van der Waals surface area contributed by atoms with Gasteiger partial charge < -0.3 is 9.67 Å². The summed E-state index contributed by atoms with van der Waals surface area (Å²) in [6.07, 6.45) is 0.846. The Balaban J connectivity index is 3.51. The van der Waals surface area contributed by atoms with Crippen molar-refractivity contribution in [3.63, 3.8) is 0 Å². The van der Waals surface area contributed by atoms with Gasteiger partial charge in [-0.15, -0.1) is 0 Å². The van der Waals surface area contributed by atoms with Gasteiger partial charge in [0.05, 0.1) is 0 Å². The van der Waals surface area contributed by atoms with Crippen LogP contribution in [-0.2, 0) is 28.9 Å². The first-order chi connectivity index (χ1) is 9.46. The minimum absolute atomic E-state index is 0.0202. The van der Waals surface area contributed by atoms with Crippen LogP contribution in [0.2, 0.25) is 0 Å². The van der Waals surface area contributed by atoms with Gasteiger partial charge in [0, 0.05) is 20.3 Å². The number of carbonyl (C=O) groups is 1. The van der Waals surface area contributed by atoms with Gasteiger partial charge in [0.2, 0.25) is 10.0 Å². The molecule has 21 heavy (non-hydrogen) atoms. The first-order valence-corrected chi connectivity index (χ1v) is 7.48. The Morgan fingerprint density at radius 3 is 2.33 bits per heavy atom. The van der Waals surface area contributed by atoms with Gasteiger partial charge in [0.25, 0.3) is 5.56 Å². The van der Waals surface area contributed by atoms with E-state index in [1.54, 1.807) is 0 Å². The molecule has 0 spiro atoms. The highest BCUT2D eigenvalue weighted by molar-refractivity contribution is 7.89. The Morgan fingerprint density at radius 1 is 1.38 bits per heavy atom. The predicted octanol–water partition coefficient (Wildman–Crippen LogP) is -1.38. The van der Waals surface area contributed by atoms with Crippen molar-refractivity contribution in [2.45, 2.75) is 30.7 Å². The molecule has 1 atom stereocenters. The fraction of sp³-hybridized carbons (Fsp3) is 0.545. The Bertz CT molecular complexity index is 791. The summed E-state index contributed by atoms with van der Waals surface area (Å²) < 4.78 is 28.1. The zero-order valence-electron chi connectivity index (χ0n) is 12.1. The molecule has 1 rings (SSSR count). The summed E-state index contributed by atoms with van der Waals surface area (Å²) in [7, 11) is -1.96. The van der Waals surface area contributed by atoms with Crippen LogP contribution in [0.4, 0.5) is 0 Å². The Morgan fingerprint density at radius 2 is 1.90 bits per heavy atom. The smallest absolute Gasteiger partial charge is 0.330 e. The molecule has 0 aromatic carbocycles. The van der Waals surface area contributed by atoms with Crippen LogP contribution in [0.25, 0.3) is 0 Å². The molecule has 0 fully saturated rings. The van der Waals surface area contributed by atoms with Crippen molar-refractivity contribution in [1.82, 2.24) is 13.9 Å². The predicted molar refractivity (Wildman–Crippen MR) is 73.6 cm³/mol. The van der Waals surface area contributed by atoms with Gasteiger partial charge in [0.1, 0.15) is 5.54 Å². The molecule has 0 saturated heterocycles. The third-order valence-corrected chi connectivity index (χ3v) is 4.82. The van der Waals surface area contributed by atoms with Gasteiger partial charge in [-0.05, 0) is 13.3 Å². The van der Waals surface area contributed by atoms with Gasteiger partial charge in [-0.3, -0.25) is 14.2 Å². The van der Waals surface area contributed by atoms with Crippen LogP contribution < -0.4 is 16.0 Å². The zero-order chi connectivity index (χ0) is 16.6. The van der Waals surface area contributed by atoms with Crippen molar-refractivity contribution in [3.05, 3.63) is 27.0 Å². The SMILES string of the molecule is CCC(C)(NS(=O)(=O)c1cn(C)c(=O)n(C)c1=O)C(=O)O. The van der Waals surface area contributed by atoms with Crippen LogP contribution in [-0.4, -0.2) is 34.2 Å². The molecule has 0 bridgehead atoms. The zero-order valence-corrected chi connectivity index (χ0v) is 12.9. The van der Waals surface area contributed by atoms with Crippen LogP contribution in [0.5, 0.6) is 0 Å². The molecular weight excluding hydrogens is 302 g/mol. The topological polar surface area (TPSA) is 127 Å². The average Bonchev–Trinajstić information content (AvgIpc) is 2.39. The summed E-state index contributed by atoms with van der Waals surface area (Å²) in [6, 6.07) is 0. The fourth-order valence-electron chi connectivity index (χ4n) is 1.58. The highest BCUT2D eigenvalue weighted by Gasteiger charge is 2.37. The molecule has 1 aromatic rings. The van der Waals surface area contributed by atoms with Crippen molar-refractivity contribution in [2.75, 3.05) is 0 Å². The summed E-state index contributed by atoms with van der Waals surface area (Å²) in [5.74, 6) is -1.37. The number of sulfonamides is 1. The van der Waals surface area contributed by atoms with E-state index in [1.807, 2.05) is 4.72 Å². The first kappa shape index (κ1) is 17.1. The third-order valence-electron chi connectivity index (χ3n) is 3.24. The molecule has 0 amide bonds. The van der Waals surface area contributed by atoms with E-state index >= 15 is 0 Å². The minimum Gasteiger partial charge on any atom is -0.480 e. The summed E-state index contributed by atoms with van der Waals surface area (Å²) >= 11 is 0. The van der Waals surface area contributed by atoms with Crippen LogP contribution >= 0.6 is 0 Å². The molecular formula is C11H17N3O6S. The molecule has 0 aliphatic rings. The van der Waals surface area contributed by atoms with E-state index in [4.69, 9.17) is 5.11 Å². The second kappa shape index (κ2) is 5.45. The number of hydrogen-bond acceptors (Lipinski definition) is 5. The lowest BCUT2D eigenvalue weighted by Crippen LogP contribution is -2.53. The quantitative estimate of drug-likeness (QED) is 0.688. The lowest BCUT2D eigenvalue weighted by atomic mass is 10.0. The largest absolute Gasteiger partial charge is 0.480 e. The number of hydrogen-bond donors (Lipinski definition) is 2. The van der Waals surface area contributed by atoms with E-state index in [-0.39, 0.29) is 6.42 Å². The number of nitrogens with one attached hydrogen (secondary N) is 1. The maximum Gasteiger partial charge on any atom is 0.330 e. The van der Waals surface area contributed by atoms with Crippen LogP contribution in [0.15, 0.2) is 20.7 Å². The molecule has 0 saturated carbocycles. The third kappa shape index (κ3) is 3.05. The van der Waals surface area contributed by atoms with E-state index in [2.05, 4.69) is 0 Å². The number of carboxylic acids is 1. The number of rotatable bonds is 5. The molecule has 1 aromatic heterocycles. The highest BCUT2D eigenvalue weighted by atomic mass is 32.2. The lowest BCUT2D eigenvalue weighted by Gasteiger charge is -2.24. The lowest BCUT2D eigenvalue weighted by molar-refractivity contribution is -0.143. The molecule has 118 valence electrons. The van der Waals surface area contributed by atoms with Crippen LogP contribution in [0.3, 0.4) is 0 Å². The molecule has 2 N–H and O–H groups in total. The van der Waals surface area contributed by atoms with Crippen molar-refractivity contribution in [3.8, 4) is 0 Å². The summed E-state index contributed by atoms with van der Waals surface area (Å²) in [5.41, 5.74) is -3.46. The van der Waals surface area contributed by atoms with E-state index in [0.717, 1.165) is 17.8 Å². The highest BCUT2D eigenvalue weighted by Crippen LogP contribution is 2.13. The minimum atomic E-state index is -4.39. The summed E-state index contributed by atoms with van der Waals surface area (Å²) in [6.45, 7) is 2.69. The van der Waals surface area contributed by atoms with Crippen molar-refractivity contribution >= 4 is 16.0 Å². The average molecular weight is 319 g/mol. The Kier molecular flexibility index (Phi) is 4.44. The normalized spacial score (nSPS) is 14.7. The number of carboxylic acid groups (broad SMARTS) is 1. The number of aliphatic carboxylic acids is 1. The van der Waals surface area contributed by atoms with Crippen molar-refractivity contribution < 1.29 is 18.3 Å². The number of aryl methyl sites for hydroxylation is 1. The molecule has 9 nitrogen and oxygen atoms in total. The van der Waals surface area contributed by atoms with Crippen LogP contribution in [0, 0.1) is 0 Å². The van der Waals surface area contributed by atoms with E-state index in [1.165, 1.54) is 20.9 Å². The van der Waals surface area contributed by atoms with Gasteiger partial charge in [-0.25, -0.2) is 13.2 Å². The first-order valence-electron chi connectivity index (χ1n) is 6.00. The van der Waals surface area contributed by atoms with Gasteiger partial charge in [-0.2, -0.15) is 4.72 Å². The Labute approximate surface area is 120 Å². The Hall–Kier alpha value is -1.94. The number of aromatic nitrogens is 2. The second-order valence-electron chi connectivity index (χ2n) is 4.85. The molecule has 1 heterocycles. The van der Waals surface area contributed by atoms with E-state index in [0.29, 0.717) is 4.57 Å². The van der Waals surface area contributed by atoms with E-state index < -0.39 is 37.7 Å². The molecule has 0 aliphatic heterocycles. The molecule has 0 radical (unpaired) electrons. The summed E-state index contributed by atoms with van der Waals surface area (Å²) in [5, 5.41) is 9.10. The maximum absolute atomic E-state index is 12.2. The fourth-order valence-corrected chi connectivity index (χ4v) is 3.18. The summed E-state index contributed by atoms with van der Waals surface area (Å²) in [4.78, 5) is 33.9. The van der Waals surface area contributed by atoms with Gasteiger partial charge >= 0.3 is 11.7 Å². The second-order valence-corrected chi connectivity index (χ2v) is 6.50. The standard InChI is InChI=1S/C11H17N3O6S/c1-5-11(2,9(16)17)12-21(19,20)7-6-13(3)10(18)14(4)8(7)15/h6,12H,5H2,1-4H3,(H,16,17). The molecule has 1 unspecified atom stereocenters. The van der Waals surface area contributed by atoms with Crippen molar-refractivity contribution in [2.24, 2.45) is 14.1 Å². The van der Waals surface area contributed by atoms with Gasteiger partial charge in [0.15, 0.2) is 4.90 Å². The maximum atomic E-state index is 12.2. The monoisotopic (exact) mass is 319 g/mol. The molecule has 0 aliphatic carbocycles. The van der Waals surface area contributed by atoms with Crippen molar-refractivity contribution in [1.29, 1.82) is 0 Å². The van der Waals surface area contributed by atoms with Gasteiger partial charge in [-0.1, -0.05) is 6.92 Å². The molecule has 10 heteroatoms. The number of nitrogens with zero attached hydrogens (tertiary/aromatic N) is 2. The van der Waals surface area contributed by atoms with Crippen LogP contribution in [0.1, 0.15) is 20.3 Å².